The number of carbonyl (C=O) groups excluding carboxylic acids is 1. The lowest BCUT2D eigenvalue weighted by molar-refractivity contribution is 0.104. The van der Waals surface area contributed by atoms with Crippen LogP contribution in [0.3, 0.4) is 0 Å². The number of carbonyl (C=O) groups is 1. The normalized spacial score (nSPS) is 11.6. The number of benzene rings is 5. The predicted molar refractivity (Wildman–Crippen MR) is 119 cm³/mol. The first-order valence-corrected chi connectivity index (χ1v) is 9.41. The van der Waals surface area contributed by atoms with Gasteiger partial charge in [0.15, 0.2) is 5.78 Å². The van der Waals surface area contributed by atoms with E-state index in [2.05, 4.69) is 36.4 Å². The van der Waals surface area contributed by atoms with Gasteiger partial charge < -0.3 is 0 Å². The van der Waals surface area contributed by atoms with Crippen molar-refractivity contribution in [1.82, 2.24) is 0 Å². The monoisotopic (exact) mass is 358 g/mol. The molecule has 0 N–H and O–H groups in total. The van der Waals surface area contributed by atoms with Crippen molar-refractivity contribution in [2.75, 3.05) is 0 Å². The van der Waals surface area contributed by atoms with E-state index in [0.29, 0.717) is 5.56 Å². The van der Waals surface area contributed by atoms with Crippen molar-refractivity contribution in [3.63, 3.8) is 0 Å². The second kappa shape index (κ2) is 6.79. The van der Waals surface area contributed by atoms with Crippen LogP contribution in [-0.4, -0.2) is 5.78 Å². The average molecular weight is 358 g/mol. The van der Waals surface area contributed by atoms with Crippen LogP contribution in [0, 0.1) is 0 Å². The average Bonchev–Trinajstić information content (AvgIpc) is 2.76. The van der Waals surface area contributed by atoms with Crippen molar-refractivity contribution in [3.05, 3.63) is 114 Å². The van der Waals surface area contributed by atoms with Crippen LogP contribution in [0.2, 0.25) is 0 Å². The molecule has 0 aliphatic carbocycles. The minimum atomic E-state index is 0.0165. The lowest BCUT2D eigenvalue weighted by atomic mass is 9.96. The Bertz CT molecular complexity index is 1320. The van der Waals surface area contributed by atoms with Crippen LogP contribution in [0.1, 0.15) is 15.9 Å². The van der Waals surface area contributed by atoms with Crippen LogP contribution in [0.25, 0.3) is 38.4 Å². The molecule has 0 amide bonds. The lowest BCUT2D eigenvalue weighted by Crippen LogP contribution is -1.94. The highest BCUT2D eigenvalue weighted by Crippen LogP contribution is 2.29. The quantitative estimate of drug-likeness (QED) is 0.192. The topological polar surface area (TPSA) is 17.1 Å². The third-order valence-corrected chi connectivity index (χ3v) is 5.25. The van der Waals surface area contributed by atoms with E-state index >= 15 is 0 Å². The first-order chi connectivity index (χ1) is 13.8. The van der Waals surface area contributed by atoms with Gasteiger partial charge in [0.1, 0.15) is 0 Å². The highest BCUT2D eigenvalue weighted by atomic mass is 16.1. The molecule has 0 aliphatic heterocycles. The Morgan fingerprint density at radius 1 is 0.571 bits per heavy atom. The van der Waals surface area contributed by atoms with Crippen molar-refractivity contribution in [2.45, 2.75) is 0 Å². The second-order valence-corrected chi connectivity index (χ2v) is 6.99. The van der Waals surface area contributed by atoms with E-state index < -0.39 is 0 Å². The van der Waals surface area contributed by atoms with Gasteiger partial charge >= 0.3 is 0 Å². The molecule has 0 atom stereocenters. The molecule has 1 nitrogen and oxygen atoms in total. The van der Waals surface area contributed by atoms with Gasteiger partial charge in [0.25, 0.3) is 0 Å². The Morgan fingerprint density at radius 2 is 1.14 bits per heavy atom. The van der Waals surface area contributed by atoms with Crippen LogP contribution < -0.4 is 0 Å². The molecule has 5 rings (SSSR count). The third-order valence-electron chi connectivity index (χ3n) is 5.25. The summed E-state index contributed by atoms with van der Waals surface area (Å²) in [4.78, 5) is 12.8. The number of rotatable bonds is 3. The number of hydrogen-bond donors (Lipinski definition) is 0. The van der Waals surface area contributed by atoms with Gasteiger partial charge in [-0.05, 0) is 62.2 Å². The van der Waals surface area contributed by atoms with E-state index in [1.807, 2.05) is 66.7 Å². The highest BCUT2D eigenvalue weighted by molar-refractivity contribution is 6.12. The van der Waals surface area contributed by atoms with Gasteiger partial charge in [-0.2, -0.15) is 0 Å². The van der Waals surface area contributed by atoms with E-state index in [0.717, 1.165) is 27.1 Å². The Balaban J connectivity index is 1.61. The van der Waals surface area contributed by atoms with Crippen molar-refractivity contribution in [2.24, 2.45) is 0 Å². The number of ketones is 1. The highest BCUT2D eigenvalue weighted by Gasteiger charge is 2.07. The zero-order chi connectivity index (χ0) is 18.9. The first kappa shape index (κ1) is 16.5. The molecule has 28 heavy (non-hydrogen) atoms. The van der Waals surface area contributed by atoms with Crippen molar-refractivity contribution >= 4 is 44.2 Å². The van der Waals surface area contributed by atoms with E-state index in [1.165, 1.54) is 10.8 Å². The molecule has 132 valence electrons. The van der Waals surface area contributed by atoms with E-state index in [-0.39, 0.29) is 5.78 Å². The molecule has 0 saturated carbocycles. The fourth-order valence-corrected chi connectivity index (χ4v) is 3.83. The predicted octanol–water partition coefficient (Wildman–Crippen LogP) is 7.04. The van der Waals surface area contributed by atoms with Crippen molar-refractivity contribution in [1.29, 1.82) is 0 Å². The molecule has 1 heteroatoms. The molecular formula is C27H18O. The summed E-state index contributed by atoms with van der Waals surface area (Å²) in [6, 6.07) is 32.8. The number of hydrogen-bond acceptors (Lipinski definition) is 1. The fourth-order valence-electron chi connectivity index (χ4n) is 3.83. The van der Waals surface area contributed by atoms with Crippen LogP contribution in [-0.2, 0) is 0 Å². The maximum atomic E-state index is 12.8. The number of fused-ring (bicyclic) bond motifs is 3. The summed E-state index contributed by atoms with van der Waals surface area (Å²) in [5, 5.41) is 6.89. The minimum Gasteiger partial charge on any atom is -0.289 e. The molecule has 0 bridgehead atoms. The lowest BCUT2D eigenvalue weighted by Gasteiger charge is -2.08. The molecule has 5 aromatic carbocycles. The molecule has 0 aromatic heterocycles. The second-order valence-electron chi connectivity index (χ2n) is 6.99. The molecule has 5 aromatic rings. The molecule has 0 saturated heterocycles. The maximum absolute atomic E-state index is 12.8. The Kier molecular flexibility index (Phi) is 3.99. The zero-order valence-electron chi connectivity index (χ0n) is 15.3. The Morgan fingerprint density at radius 3 is 1.82 bits per heavy atom. The summed E-state index contributed by atoms with van der Waals surface area (Å²) < 4.78 is 0. The molecule has 0 spiro atoms. The van der Waals surface area contributed by atoms with Crippen LogP contribution in [0.15, 0.2) is 103 Å². The molecular weight excluding hydrogens is 340 g/mol. The van der Waals surface area contributed by atoms with Gasteiger partial charge in [-0.1, -0.05) is 84.9 Å². The SMILES string of the molecule is O=C(/C=C\c1c2ccccc2cc2ccccc12)c1ccc2ccccc2c1. The van der Waals surface area contributed by atoms with Gasteiger partial charge in [0.05, 0.1) is 0 Å². The zero-order valence-corrected chi connectivity index (χ0v) is 15.3. The van der Waals surface area contributed by atoms with Crippen LogP contribution in [0.5, 0.6) is 0 Å². The maximum Gasteiger partial charge on any atom is 0.185 e. The Hall–Kier alpha value is -3.71. The van der Waals surface area contributed by atoms with Crippen molar-refractivity contribution < 1.29 is 4.79 Å². The van der Waals surface area contributed by atoms with Gasteiger partial charge in [-0.15, -0.1) is 0 Å². The standard InChI is InChI=1S/C27H18O/c28-27(23-14-13-19-7-1-2-8-20(19)17-23)16-15-26-24-11-5-3-9-21(24)18-22-10-4-6-12-25(22)26/h1-18H/b16-15-. The molecule has 0 aliphatic rings. The summed E-state index contributed by atoms with van der Waals surface area (Å²) in [5.74, 6) is 0.0165. The van der Waals surface area contributed by atoms with Crippen molar-refractivity contribution in [3.8, 4) is 0 Å². The van der Waals surface area contributed by atoms with E-state index in [9.17, 15) is 4.79 Å². The molecule has 0 radical (unpaired) electrons. The first-order valence-electron chi connectivity index (χ1n) is 9.41. The number of allylic oxidation sites excluding steroid dienone is 1. The van der Waals surface area contributed by atoms with Gasteiger partial charge in [0.2, 0.25) is 0 Å². The smallest absolute Gasteiger partial charge is 0.185 e. The molecule has 0 fully saturated rings. The minimum absolute atomic E-state index is 0.0165. The summed E-state index contributed by atoms with van der Waals surface area (Å²) in [5.41, 5.74) is 1.79. The summed E-state index contributed by atoms with van der Waals surface area (Å²) in [7, 11) is 0. The third kappa shape index (κ3) is 2.87. The largest absolute Gasteiger partial charge is 0.289 e. The molecule has 0 heterocycles. The van der Waals surface area contributed by atoms with Crippen LogP contribution >= 0.6 is 0 Å². The van der Waals surface area contributed by atoms with E-state index in [1.54, 1.807) is 6.08 Å². The van der Waals surface area contributed by atoms with Gasteiger partial charge in [-0.3, -0.25) is 4.79 Å². The molecule has 0 unspecified atom stereocenters. The fraction of sp³-hybridized carbons (Fsp3) is 0. The Labute approximate surface area is 163 Å². The summed E-state index contributed by atoms with van der Waals surface area (Å²) in [6.45, 7) is 0. The van der Waals surface area contributed by atoms with E-state index in [4.69, 9.17) is 0 Å². The van der Waals surface area contributed by atoms with Gasteiger partial charge in [0, 0.05) is 5.56 Å². The summed E-state index contributed by atoms with van der Waals surface area (Å²) >= 11 is 0. The summed E-state index contributed by atoms with van der Waals surface area (Å²) in [6.07, 6.45) is 3.65. The van der Waals surface area contributed by atoms with Gasteiger partial charge in [-0.25, -0.2) is 0 Å². The van der Waals surface area contributed by atoms with Crippen LogP contribution in [0.4, 0.5) is 0 Å².